The van der Waals surface area contributed by atoms with Crippen molar-refractivity contribution in [3.63, 3.8) is 0 Å². The highest BCUT2D eigenvalue weighted by molar-refractivity contribution is 5.93. The highest BCUT2D eigenvalue weighted by atomic mass is 16.2. The van der Waals surface area contributed by atoms with Crippen molar-refractivity contribution in [1.29, 1.82) is 0 Å². The molecule has 1 N–H and O–H groups in total. The molecule has 5 nitrogen and oxygen atoms in total. The summed E-state index contributed by atoms with van der Waals surface area (Å²) in [6, 6.07) is 13.9. The number of hydrogen-bond acceptors (Lipinski definition) is 2. The summed E-state index contributed by atoms with van der Waals surface area (Å²) in [6.45, 7) is 4.74. The van der Waals surface area contributed by atoms with Crippen molar-refractivity contribution in [2.45, 2.75) is 32.7 Å². The second kappa shape index (κ2) is 8.70. The minimum atomic E-state index is 0.0294. The quantitative estimate of drug-likeness (QED) is 0.868. The molecule has 0 radical (unpaired) electrons. The second-order valence-corrected chi connectivity index (χ2v) is 6.86. The summed E-state index contributed by atoms with van der Waals surface area (Å²) >= 11 is 0. The van der Waals surface area contributed by atoms with Gasteiger partial charge in [-0.2, -0.15) is 0 Å². The lowest BCUT2D eigenvalue weighted by atomic mass is 9.95. The molecule has 2 heterocycles. The van der Waals surface area contributed by atoms with Crippen LogP contribution in [0.2, 0.25) is 0 Å². The number of amides is 2. The maximum absolute atomic E-state index is 12.9. The minimum Gasteiger partial charge on any atom is -0.356 e. The van der Waals surface area contributed by atoms with E-state index in [1.165, 1.54) is 5.56 Å². The summed E-state index contributed by atoms with van der Waals surface area (Å²) in [4.78, 5) is 26.9. The van der Waals surface area contributed by atoms with Crippen molar-refractivity contribution in [1.82, 2.24) is 14.8 Å². The van der Waals surface area contributed by atoms with Crippen LogP contribution in [-0.4, -0.2) is 40.9 Å². The van der Waals surface area contributed by atoms with Crippen LogP contribution >= 0.6 is 0 Å². The van der Waals surface area contributed by atoms with E-state index in [4.69, 9.17) is 0 Å². The summed E-state index contributed by atoms with van der Waals surface area (Å²) < 4.78 is 2.00. The summed E-state index contributed by atoms with van der Waals surface area (Å²) in [5.41, 5.74) is 1.88. The Bertz CT molecular complexity index is 731. The first-order valence-electron chi connectivity index (χ1n) is 9.45. The molecular weight excluding hydrogens is 326 g/mol. The predicted molar refractivity (Wildman–Crippen MR) is 102 cm³/mol. The maximum Gasteiger partial charge on any atom is 0.270 e. The Labute approximate surface area is 155 Å². The van der Waals surface area contributed by atoms with Crippen LogP contribution in [0.4, 0.5) is 0 Å². The monoisotopic (exact) mass is 353 g/mol. The van der Waals surface area contributed by atoms with Gasteiger partial charge in [0, 0.05) is 38.3 Å². The van der Waals surface area contributed by atoms with Crippen molar-refractivity contribution < 1.29 is 9.59 Å². The average Bonchev–Trinajstić information content (AvgIpc) is 3.14. The molecule has 1 aliphatic rings. The standard InChI is InChI=1S/C21H27N3O2/c1-2-12-22-20(25)18-10-14-23(15-11-18)21(26)19-9-6-13-24(19)16-17-7-4-3-5-8-17/h3-9,13,18H,2,10-12,14-16H2,1H3,(H,22,25). The maximum atomic E-state index is 12.9. The van der Waals surface area contributed by atoms with Crippen molar-refractivity contribution in [2.24, 2.45) is 5.92 Å². The second-order valence-electron chi connectivity index (χ2n) is 6.86. The molecule has 0 bridgehead atoms. The van der Waals surface area contributed by atoms with E-state index in [2.05, 4.69) is 17.4 Å². The first-order valence-corrected chi connectivity index (χ1v) is 9.45. The molecule has 1 aromatic heterocycles. The summed E-state index contributed by atoms with van der Waals surface area (Å²) in [6.07, 6.45) is 4.37. The molecule has 0 aliphatic carbocycles. The minimum absolute atomic E-state index is 0.0294. The summed E-state index contributed by atoms with van der Waals surface area (Å²) in [5, 5.41) is 2.96. The van der Waals surface area contributed by atoms with Gasteiger partial charge < -0.3 is 14.8 Å². The molecule has 0 saturated carbocycles. The third-order valence-corrected chi connectivity index (χ3v) is 4.95. The lowest BCUT2D eigenvalue weighted by Gasteiger charge is -2.31. The lowest BCUT2D eigenvalue weighted by Crippen LogP contribution is -2.43. The SMILES string of the molecule is CCCNC(=O)C1CCN(C(=O)c2cccn2Cc2ccccc2)CC1. The Morgan fingerprint density at radius 1 is 1.08 bits per heavy atom. The molecule has 1 aromatic carbocycles. The van der Waals surface area contributed by atoms with Crippen LogP contribution in [0.1, 0.15) is 42.2 Å². The molecule has 3 rings (SSSR count). The van der Waals surface area contributed by atoms with Crippen molar-refractivity contribution >= 4 is 11.8 Å². The zero-order chi connectivity index (χ0) is 18.4. The van der Waals surface area contributed by atoms with Gasteiger partial charge in [-0.05, 0) is 37.0 Å². The van der Waals surface area contributed by atoms with E-state index in [0.29, 0.717) is 25.3 Å². The van der Waals surface area contributed by atoms with Gasteiger partial charge in [0.05, 0.1) is 0 Å². The molecule has 5 heteroatoms. The fourth-order valence-corrected chi connectivity index (χ4v) is 3.43. The number of nitrogens with one attached hydrogen (secondary N) is 1. The van der Waals surface area contributed by atoms with E-state index in [1.54, 1.807) is 0 Å². The number of carbonyl (C=O) groups is 2. The number of nitrogens with zero attached hydrogens (tertiary/aromatic N) is 2. The zero-order valence-electron chi connectivity index (χ0n) is 15.4. The van der Waals surface area contributed by atoms with Crippen LogP contribution in [0.5, 0.6) is 0 Å². The topological polar surface area (TPSA) is 54.3 Å². The van der Waals surface area contributed by atoms with E-state index in [9.17, 15) is 9.59 Å². The van der Waals surface area contributed by atoms with Crippen molar-refractivity contribution in [3.8, 4) is 0 Å². The molecule has 0 unspecified atom stereocenters. The third kappa shape index (κ3) is 4.34. The van der Waals surface area contributed by atoms with Gasteiger partial charge in [-0.15, -0.1) is 0 Å². The Balaban J connectivity index is 1.59. The number of benzene rings is 1. The Morgan fingerprint density at radius 2 is 1.81 bits per heavy atom. The molecule has 138 valence electrons. The molecular formula is C21H27N3O2. The lowest BCUT2D eigenvalue weighted by molar-refractivity contribution is -0.126. The van der Waals surface area contributed by atoms with E-state index in [1.807, 2.05) is 52.9 Å². The molecule has 1 saturated heterocycles. The van der Waals surface area contributed by atoms with Gasteiger partial charge >= 0.3 is 0 Å². The Morgan fingerprint density at radius 3 is 2.50 bits per heavy atom. The van der Waals surface area contributed by atoms with Gasteiger partial charge in [0.1, 0.15) is 5.69 Å². The Kier molecular flexibility index (Phi) is 6.10. The van der Waals surface area contributed by atoms with Gasteiger partial charge in [-0.1, -0.05) is 37.3 Å². The van der Waals surface area contributed by atoms with Gasteiger partial charge in [-0.3, -0.25) is 9.59 Å². The van der Waals surface area contributed by atoms with Gasteiger partial charge in [0.2, 0.25) is 5.91 Å². The van der Waals surface area contributed by atoms with Crippen LogP contribution < -0.4 is 5.32 Å². The molecule has 0 spiro atoms. The summed E-state index contributed by atoms with van der Waals surface area (Å²) in [5.74, 6) is 0.214. The number of likely N-dealkylation sites (tertiary alicyclic amines) is 1. The fourth-order valence-electron chi connectivity index (χ4n) is 3.43. The average molecular weight is 353 g/mol. The van der Waals surface area contributed by atoms with Gasteiger partial charge in [0.25, 0.3) is 5.91 Å². The molecule has 0 atom stereocenters. The normalized spacial score (nSPS) is 15.0. The van der Waals surface area contributed by atoms with E-state index < -0.39 is 0 Å². The van der Waals surface area contributed by atoms with E-state index >= 15 is 0 Å². The number of rotatable bonds is 6. The molecule has 2 amide bonds. The predicted octanol–water partition coefficient (Wildman–Crippen LogP) is 2.91. The number of piperidine rings is 1. The van der Waals surface area contributed by atoms with E-state index in [0.717, 1.165) is 25.8 Å². The fraction of sp³-hybridized carbons (Fsp3) is 0.429. The highest BCUT2D eigenvalue weighted by Gasteiger charge is 2.28. The van der Waals surface area contributed by atoms with Crippen LogP contribution in [0.3, 0.4) is 0 Å². The van der Waals surface area contributed by atoms with Crippen LogP contribution in [0.25, 0.3) is 0 Å². The van der Waals surface area contributed by atoms with Crippen molar-refractivity contribution in [3.05, 3.63) is 59.9 Å². The first kappa shape index (κ1) is 18.2. The van der Waals surface area contributed by atoms with Gasteiger partial charge in [0.15, 0.2) is 0 Å². The van der Waals surface area contributed by atoms with Crippen LogP contribution in [0.15, 0.2) is 48.7 Å². The molecule has 2 aromatic rings. The van der Waals surface area contributed by atoms with Gasteiger partial charge in [-0.25, -0.2) is 0 Å². The summed E-state index contributed by atoms with van der Waals surface area (Å²) in [7, 11) is 0. The number of carbonyl (C=O) groups excluding carboxylic acids is 2. The zero-order valence-corrected chi connectivity index (χ0v) is 15.4. The number of hydrogen-bond donors (Lipinski definition) is 1. The number of aromatic nitrogens is 1. The smallest absolute Gasteiger partial charge is 0.270 e. The van der Waals surface area contributed by atoms with E-state index in [-0.39, 0.29) is 17.7 Å². The van der Waals surface area contributed by atoms with Crippen LogP contribution in [0, 0.1) is 5.92 Å². The van der Waals surface area contributed by atoms with Crippen LogP contribution in [-0.2, 0) is 11.3 Å². The highest BCUT2D eigenvalue weighted by Crippen LogP contribution is 2.20. The molecule has 1 aliphatic heterocycles. The van der Waals surface area contributed by atoms with Crippen molar-refractivity contribution in [2.75, 3.05) is 19.6 Å². The largest absolute Gasteiger partial charge is 0.356 e. The third-order valence-electron chi connectivity index (χ3n) is 4.95. The molecule has 1 fully saturated rings. The first-order chi connectivity index (χ1) is 12.7. The molecule has 26 heavy (non-hydrogen) atoms. The Hall–Kier alpha value is -2.56.